The Bertz CT molecular complexity index is 112. The van der Waals surface area contributed by atoms with E-state index in [4.69, 9.17) is 10.6 Å². The molecule has 0 amide bonds. The molecule has 0 saturated heterocycles. The van der Waals surface area contributed by atoms with Crippen molar-refractivity contribution in [3.8, 4) is 0 Å². The van der Waals surface area contributed by atoms with E-state index in [2.05, 4.69) is 4.84 Å². The van der Waals surface area contributed by atoms with Crippen LogP contribution in [0.1, 0.15) is 12.8 Å². The first kappa shape index (κ1) is 6.58. The van der Waals surface area contributed by atoms with Gasteiger partial charge in [0.2, 0.25) is 0 Å². The monoisotopic (exact) mass is 129 g/mol. The van der Waals surface area contributed by atoms with Crippen LogP contribution in [0.2, 0.25) is 0 Å². The third kappa shape index (κ3) is 2.03. The zero-order valence-electron chi connectivity index (χ0n) is 5.30. The molecule has 0 aromatic carbocycles. The molecule has 2 N–H and O–H groups in total. The minimum atomic E-state index is 0.500. The molecule has 1 aliphatic heterocycles. The maximum absolute atomic E-state index is 5.04. The first-order valence-electron chi connectivity index (χ1n) is 3.04. The predicted octanol–water partition coefficient (Wildman–Crippen LogP) is 0.571. The normalized spacial score (nSPS) is 18.6. The van der Waals surface area contributed by atoms with Gasteiger partial charge in [-0.25, -0.2) is 5.90 Å². The molecule has 0 aromatic heterocycles. The molecule has 9 heavy (non-hydrogen) atoms. The lowest BCUT2D eigenvalue weighted by atomic mass is 10.1. The highest BCUT2D eigenvalue weighted by atomic mass is 16.6. The van der Waals surface area contributed by atoms with E-state index in [1.54, 1.807) is 6.26 Å². The van der Waals surface area contributed by atoms with Gasteiger partial charge in [-0.3, -0.25) is 0 Å². The van der Waals surface area contributed by atoms with Crippen LogP contribution in [0.4, 0.5) is 0 Å². The second kappa shape index (κ2) is 3.48. The average molecular weight is 129 g/mol. The molecule has 1 aliphatic rings. The summed E-state index contributed by atoms with van der Waals surface area (Å²) >= 11 is 0. The van der Waals surface area contributed by atoms with Crippen molar-refractivity contribution in [2.75, 3.05) is 13.2 Å². The molecular weight excluding hydrogens is 118 g/mol. The van der Waals surface area contributed by atoms with Gasteiger partial charge in [0.25, 0.3) is 0 Å². The highest BCUT2D eigenvalue weighted by Crippen LogP contribution is 2.10. The van der Waals surface area contributed by atoms with E-state index in [1.165, 1.54) is 0 Å². The number of nitrogens with two attached hydrogens (primary N) is 1. The van der Waals surface area contributed by atoms with E-state index in [9.17, 15) is 0 Å². The molecule has 0 atom stereocenters. The van der Waals surface area contributed by atoms with E-state index in [0.717, 1.165) is 25.0 Å². The molecule has 3 heteroatoms. The Balaban J connectivity index is 2.28. The molecule has 0 bridgehead atoms. The van der Waals surface area contributed by atoms with Gasteiger partial charge in [0, 0.05) is 0 Å². The average Bonchev–Trinajstić information content (AvgIpc) is 1.91. The molecule has 0 aromatic rings. The Kier molecular flexibility index (Phi) is 2.54. The Morgan fingerprint density at radius 1 is 1.78 bits per heavy atom. The van der Waals surface area contributed by atoms with Crippen LogP contribution >= 0.6 is 0 Å². The van der Waals surface area contributed by atoms with Gasteiger partial charge in [0.05, 0.1) is 19.5 Å². The van der Waals surface area contributed by atoms with Gasteiger partial charge in [0.15, 0.2) is 0 Å². The summed E-state index contributed by atoms with van der Waals surface area (Å²) in [5.74, 6) is 4.86. The number of ether oxygens (including phenoxy) is 1. The molecule has 0 radical (unpaired) electrons. The molecule has 52 valence electrons. The van der Waals surface area contributed by atoms with E-state index in [-0.39, 0.29) is 0 Å². The van der Waals surface area contributed by atoms with Crippen LogP contribution in [-0.4, -0.2) is 13.2 Å². The fourth-order valence-electron chi connectivity index (χ4n) is 0.831. The summed E-state index contributed by atoms with van der Waals surface area (Å²) in [5.41, 5.74) is 1.14. The van der Waals surface area contributed by atoms with Gasteiger partial charge in [-0.2, -0.15) is 0 Å². The summed E-state index contributed by atoms with van der Waals surface area (Å²) in [5, 5.41) is 0. The minimum Gasteiger partial charge on any atom is -0.501 e. The van der Waals surface area contributed by atoms with E-state index in [1.807, 2.05) is 0 Å². The Morgan fingerprint density at radius 3 is 3.22 bits per heavy atom. The third-order valence-corrected chi connectivity index (χ3v) is 1.28. The molecule has 0 unspecified atom stereocenters. The summed E-state index contributed by atoms with van der Waals surface area (Å²) in [6.45, 7) is 1.33. The second-order valence-corrected chi connectivity index (χ2v) is 2.06. The van der Waals surface area contributed by atoms with Crippen molar-refractivity contribution in [2.24, 2.45) is 5.90 Å². The minimum absolute atomic E-state index is 0.500. The number of hydrogen-bond donors (Lipinski definition) is 1. The van der Waals surface area contributed by atoms with Crippen molar-refractivity contribution in [3.63, 3.8) is 0 Å². The lowest BCUT2D eigenvalue weighted by Gasteiger charge is -2.11. The smallest absolute Gasteiger partial charge is 0.0922 e. The zero-order valence-corrected chi connectivity index (χ0v) is 5.30. The summed E-state index contributed by atoms with van der Waals surface area (Å²) in [6, 6.07) is 0. The molecule has 1 rings (SSSR count). The van der Waals surface area contributed by atoms with Crippen LogP contribution in [0.5, 0.6) is 0 Å². The fourth-order valence-corrected chi connectivity index (χ4v) is 0.831. The topological polar surface area (TPSA) is 44.5 Å². The lowest BCUT2D eigenvalue weighted by Crippen LogP contribution is -2.08. The molecular formula is C6H11NO2. The highest BCUT2D eigenvalue weighted by Gasteiger charge is 2.02. The van der Waals surface area contributed by atoms with Crippen LogP contribution in [-0.2, 0) is 9.57 Å². The van der Waals surface area contributed by atoms with Gasteiger partial charge in [-0.15, -0.1) is 0 Å². The Hall–Kier alpha value is -0.540. The third-order valence-electron chi connectivity index (χ3n) is 1.28. The Labute approximate surface area is 54.4 Å². The quantitative estimate of drug-likeness (QED) is 0.554. The van der Waals surface area contributed by atoms with Crippen LogP contribution in [0.15, 0.2) is 11.8 Å². The Morgan fingerprint density at radius 2 is 2.67 bits per heavy atom. The molecule has 3 nitrogen and oxygen atoms in total. The van der Waals surface area contributed by atoms with E-state index in [0.29, 0.717) is 6.61 Å². The van der Waals surface area contributed by atoms with Crippen molar-refractivity contribution >= 4 is 0 Å². The number of rotatable bonds is 2. The van der Waals surface area contributed by atoms with Gasteiger partial charge in [-0.05, 0) is 18.4 Å². The SMILES string of the molecule is NOCC1=COCCC1. The predicted molar refractivity (Wildman–Crippen MR) is 33.4 cm³/mol. The highest BCUT2D eigenvalue weighted by molar-refractivity contribution is 5.00. The van der Waals surface area contributed by atoms with Crippen LogP contribution in [0.25, 0.3) is 0 Å². The summed E-state index contributed by atoms with van der Waals surface area (Å²) in [6.07, 6.45) is 3.86. The molecule has 0 saturated carbocycles. The zero-order chi connectivity index (χ0) is 6.53. The van der Waals surface area contributed by atoms with Gasteiger partial charge >= 0.3 is 0 Å². The van der Waals surface area contributed by atoms with E-state index < -0.39 is 0 Å². The first-order valence-corrected chi connectivity index (χ1v) is 3.04. The van der Waals surface area contributed by atoms with Gasteiger partial charge < -0.3 is 9.57 Å². The van der Waals surface area contributed by atoms with Crippen LogP contribution in [0.3, 0.4) is 0 Å². The summed E-state index contributed by atoms with van der Waals surface area (Å²) in [7, 11) is 0. The fraction of sp³-hybridized carbons (Fsp3) is 0.667. The van der Waals surface area contributed by atoms with Crippen molar-refractivity contribution in [3.05, 3.63) is 11.8 Å². The summed E-state index contributed by atoms with van der Waals surface area (Å²) in [4.78, 5) is 4.43. The molecule has 0 fully saturated rings. The molecule has 0 aliphatic carbocycles. The molecule has 0 spiro atoms. The summed E-state index contributed by atoms with van der Waals surface area (Å²) < 4.78 is 5.04. The maximum atomic E-state index is 5.04. The standard InChI is InChI=1S/C6H11NO2/c7-9-5-6-2-1-3-8-4-6/h4H,1-3,5,7H2. The maximum Gasteiger partial charge on any atom is 0.0922 e. The van der Waals surface area contributed by atoms with Gasteiger partial charge in [-0.1, -0.05) is 0 Å². The first-order chi connectivity index (χ1) is 4.43. The largest absolute Gasteiger partial charge is 0.501 e. The van der Waals surface area contributed by atoms with E-state index >= 15 is 0 Å². The van der Waals surface area contributed by atoms with Gasteiger partial charge in [0.1, 0.15) is 0 Å². The van der Waals surface area contributed by atoms with Crippen LogP contribution < -0.4 is 5.90 Å². The van der Waals surface area contributed by atoms with Crippen molar-refractivity contribution < 1.29 is 9.57 Å². The van der Waals surface area contributed by atoms with Crippen molar-refractivity contribution in [1.82, 2.24) is 0 Å². The van der Waals surface area contributed by atoms with Crippen molar-refractivity contribution in [2.45, 2.75) is 12.8 Å². The van der Waals surface area contributed by atoms with Crippen LogP contribution in [0, 0.1) is 0 Å². The second-order valence-electron chi connectivity index (χ2n) is 2.06. The van der Waals surface area contributed by atoms with Crippen molar-refractivity contribution in [1.29, 1.82) is 0 Å². The molecule has 1 heterocycles. The lowest BCUT2D eigenvalue weighted by molar-refractivity contribution is 0.144. The number of hydrogen-bond acceptors (Lipinski definition) is 3.